The highest BCUT2D eigenvalue weighted by Crippen LogP contribution is 2.44. The number of hydrogen-bond donors (Lipinski definition) is 0. The molecule has 2 aliphatic carbocycles. The summed E-state index contributed by atoms with van der Waals surface area (Å²) in [6, 6.07) is 17.7. The van der Waals surface area contributed by atoms with Gasteiger partial charge in [-0.05, 0) is 109 Å². The van der Waals surface area contributed by atoms with E-state index < -0.39 is 17.8 Å². The minimum Gasteiger partial charge on any atom is -0.432 e. The monoisotopic (exact) mass is 535 g/mol. The lowest BCUT2D eigenvalue weighted by atomic mass is 9.76. The van der Waals surface area contributed by atoms with Gasteiger partial charge in [-0.25, -0.2) is 8.78 Å². The summed E-state index contributed by atoms with van der Waals surface area (Å²) in [5, 5.41) is 8.88. The van der Waals surface area contributed by atoms with Crippen LogP contribution in [0.15, 0.2) is 60.7 Å². The molecule has 0 aliphatic heterocycles. The first-order valence-corrected chi connectivity index (χ1v) is 13.9. The van der Waals surface area contributed by atoms with Crippen molar-refractivity contribution in [1.29, 1.82) is 5.26 Å². The lowest BCUT2D eigenvalue weighted by molar-refractivity contribution is -0.222. The first kappa shape index (κ1) is 27.2. The summed E-state index contributed by atoms with van der Waals surface area (Å²) in [6.07, 6.45) is 2.67. The molecule has 6 heteroatoms. The fourth-order valence-corrected chi connectivity index (χ4v) is 6.20. The van der Waals surface area contributed by atoms with Gasteiger partial charge in [0.2, 0.25) is 0 Å². The summed E-state index contributed by atoms with van der Waals surface area (Å²) < 4.78 is 64.3. The third-order valence-electron chi connectivity index (χ3n) is 8.69. The molecular formula is C33H33F4NO. The summed E-state index contributed by atoms with van der Waals surface area (Å²) >= 11 is 0. The number of rotatable bonds is 6. The molecule has 3 aromatic rings. The first-order valence-electron chi connectivity index (χ1n) is 13.9. The number of benzene rings is 3. The van der Waals surface area contributed by atoms with Gasteiger partial charge in [-0.15, -0.1) is 0 Å². The molecule has 2 aliphatic rings. The van der Waals surface area contributed by atoms with Crippen LogP contribution in [0.25, 0.3) is 11.1 Å². The smallest absolute Gasteiger partial charge is 0.400 e. The molecule has 204 valence electrons. The molecular weight excluding hydrogens is 502 g/mol. The maximum atomic E-state index is 15.1. The van der Waals surface area contributed by atoms with E-state index in [1.807, 2.05) is 12.1 Å². The average molecular weight is 536 g/mol. The largest absolute Gasteiger partial charge is 0.432 e. The minimum atomic E-state index is -3.35. The van der Waals surface area contributed by atoms with Crippen LogP contribution in [0.2, 0.25) is 0 Å². The van der Waals surface area contributed by atoms with Crippen molar-refractivity contribution in [2.75, 3.05) is 0 Å². The zero-order valence-corrected chi connectivity index (χ0v) is 22.1. The van der Waals surface area contributed by atoms with Gasteiger partial charge in [0.15, 0.2) is 0 Å². The third-order valence-corrected chi connectivity index (χ3v) is 8.69. The molecule has 2 saturated carbocycles. The van der Waals surface area contributed by atoms with E-state index in [2.05, 4.69) is 6.92 Å². The van der Waals surface area contributed by atoms with E-state index in [1.165, 1.54) is 37.1 Å². The molecule has 0 N–H and O–H groups in total. The Bertz CT molecular complexity index is 1330. The molecule has 2 nitrogen and oxygen atoms in total. The molecule has 0 saturated heterocycles. The molecule has 3 aromatic carbocycles. The standard InChI is InChI=1S/C33H33F4NO/c1-21-2-4-22(5-3-21)26-12-17-30(32(35)19-26)24-8-13-28(14-9-24)33(36,37)39-29-15-10-23(11-16-29)25-6-7-27(20-38)31(34)18-25/h6-7,10-12,15-19,21-22,24,28H,2-5,8-9,13-14H2,1H3. The predicted molar refractivity (Wildman–Crippen MR) is 144 cm³/mol. The van der Waals surface area contributed by atoms with Gasteiger partial charge in [0.05, 0.1) is 11.5 Å². The van der Waals surface area contributed by atoms with Gasteiger partial charge in [-0.1, -0.05) is 50.1 Å². The van der Waals surface area contributed by atoms with Crippen LogP contribution in [-0.4, -0.2) is 6.11 Å². The molecule has 0 unspecified atom stereocenters. The highest BCUT2D eigenvalue weighted by atomic mass is 19.3. The van der Waals surface area contributed by atoms with Crippen LogP contribution < -0.4 is 4.74 Å². The van der Waals surface area contributed by atoms with E-state index in [9.17, 15) is 4.39 Å². The van der Waals surface area contributed by atoms with Gasteiger partial charge in [0.25, 0.3) is 0 Å². The summed E-state index contributed by atoms with van der Waals surface area (Å²) in [4.78, 5) is 0. The number of nitriles is 1. The summed E-state index contributed by atoms with van der Waals surface area (Å²) in [5.41, 5.74) is 2.81. The first-order chi connectivity index (χ1) is 18.7. The quantitative estimate of drug-likeness (QED) is 0.294. The van der Waals surface area contributed by atoms with Gasteiger partial charge in [-0.3, -0.25) is 0 Å². The Labute approximate surface area is 227 Å². The number of ether oxygens (including phenoxy) is 1. The molecule has 39 heavy (non-hydrogen) atoms. The van der Waals surface area contributed by atoms with Crippen LogP contribution in [0.4, 0.5) is 17.6 Å². The number of halogens is 4. The van der Waals surface area contributed by atoms with Crippen LogP contribution in [0.5, 0.6) is 5.75 Å². The van der Waals surface area contributed by atoms with Gasteiger partial charge in [0, 0.05) is 0 Å². The van der Waals surface area contributed by atoms with Crippen LogP contribution >= 0.6 is 0 Å². The van der Waals surface area contributed by atoms with Gasteiger partial charge < -0.3 is 4.74 Å². The number of alkyl halides is 2. The Morgan fingerprint density at radius 2 is 1.38 bits per heavy atom. The van der Waals surface area contributed by atoms with Crippen molar-refractivity contribution in [3.63, 3.8) is 0 Å². The Balaban J connectivity index is 1.18. The third kappa shape index (κ3) is 6.13. The Morgan fingerprint density at radius 1 is 0.744 bits per heavy atom. The van der Waals surface area contributed by atoms with Crippen molar-refractivity contribution in [2.45, 2.75) is 76.2 Å². The fraction of sp³-hybridized carbons (Fsp3) is 0.424. The molecule has 0 atom stereocenters. The van der Waals surface area contributed by atoms with E-state index in [0.29, 0.717) is 35.4 Å². The van der Waals surface area contributed by atoms with Crippen molar-refractivity contribution in [3.05, 3.63) is 89.0 Å². The zero-order chi connectivity index (χ0) is 27.6. The van der Waals surface area contributed by atoms with Crippen molar-refractivity contribution in [1.82, 2.24) is 0 Å². The van der Waals surface area contributed by atoms with Crippen LogP contribution in [0.1, 0.15) is 86.8 Å². The number of nitrogens with zero attached hydrogens (tertiary/aromatic N) is 1. The maximum absolute atomic E-state index is 15.1. The van der Waals surface area contributed by atoms with Gasteiger partial charge in [-0.2, -0.15) is 14.0 Å². The summed E-state index contributed by atoms with van der Waals surface area (Å²) in [6.45, 7) is 2.27. The lowest BCUT2D eigenvalue weighted by Gasteiger charge is -2.33. The van der Waals surface area contributed by atoms with E-state index in [4.69, 9.17) is 10.00 Å². The van der Waals surface area contributed by atoms with Gasteiger partial charge in [0.1, 0.15) is 23.5 Å². The fourth-order valence-electron chi connectivity index (χ4n) is 6.20. The second-order valence-corrected chi connectivity index (χ2v) is 11.3. The van der Waals surface area contributed by atoms with Crippen molar-refractivity contribution in [2.24, 2.45) is 11.8 Å². The van der Waals surface area contributed by atoms with Crippen LogP contribution in [-0.2, 0) is 0 Å². The molecule has 2 fully saturated rings. The summed E-state index contributed by atoms with van der Waals surface area (Å²) in [7, 11) is 0. The molecule has 0 aromatic heterocycles. The van der Waals surface area contributed by atoms with E-state index in [-0.39, 0.29) is 35.9 Å². The molecule has 0 radical (unpaired) electrons. The van der Waals surface area contributed by atoms with Crippen LogP contribution in [0, 0.1) is 34.8 Å². The Morgan fingerprint density at radius 3 is 2.00 bits per heavy atom. The highest BCUT2D eigenvalue weighted by Gasteiger charge is 2.44. The maximum Gasteiger partial charge on any atom is 0.400 e. The molecule has 5 rings (SSSR count). The van der Waals surface area contributed by atoms with Crippen molar-refractivity contribution < 1.29 is 22.3 Å². The topological polar surface area (TPSA) is 33.0 Å². The molecule has 0 spiro atoms. The SMILES string of the molecule is CC1CCC(c2ccc(C3CCC(C(F)(F)Oc4ccc(-c5ccc(C#N)c(F)c5)cc4)CC3)c(F)c2)CC1. The second kappa shape index (κ2) is 11.4. The van der Waals surface area contributed by atoms with Gasteiger partial charge >= 0.3 is 6.11 Å². The molecule has 0 bridgehead atoms. The Hall–Kier alpha value is -3.33. The van der Waals surface area contributed by atoms with Crippen molar-refractivity contribution in [3.8, 4) is 22.9 Å². The normalized spacial score (nSPS) is 23.7. The molecule has 0 heterocycles. The Kier molecular flexibility index (Phi) is 7.98. The van der Waals surface area contributed by atoms with Crippen molar-refractivity contribution >= 4 is 0 Å². The predicted octanol–water partition coefficient (Wildman–Crippen LogP) is 9.74. The average Bonchev–Trinajstić information content (AvgIpc) is 2.94. The minimum absolute atomic E-state index is 0.0266. The van der Waals surface area contributed by atoms with E-state index in [1.54, 1.807) is 30.3 Å². The van der Waals surface area contributed by atoms with Crippen LogP contribution in [0.3, 0.4) is 0 Å². The van der Waals surface area contributed by atoms with E-state index in [0.717, 1.165) is 24.3 Å². The zero-order valence-electron chi connectivity index (χ0n) is 22.1. The molecule has 0 amide bonds. The lowest BCUT2D eigenvalue weighted by Crippen LogP contribution is -2.37. The number of hydrogen-bond acceptors (Lipinski definition) is 2. The summed E-state index contributed by atoms with van der Waals surface area (Å²) in [5.74, 6) is -0.680. The van der Waals surface area contributed by atoms with E-state index >= 15 is 13.2 Å². The highest BCUT2D eigenvalue weighted by molar-refractivity contribution is 5.65. The second-order valence-electron chi connectivity index (χ2n) is 11.3.